The van der Waals surface area contributed by atoms with E-state index in [1.165, 1.54) is 0 Å². The molecule has 0 spiro atoms. The summed E-state index contributed by atoms with van der Waals surface area (Å²) in [5.74, 6) is 1.07. The molecule has 3 heterocycles. The molecule has 3 aromatic rings. The molecule has 29 heavy (non-hydrogen) atoms. The molecule has 0 unspecified atom stereocenters. The van der Waals surface area contributed by atoms with Crippen molar-refractivity contribution in [1.29, 1.82) is 0 Å². The molecule has 1 aliphatic rings. The highest BCUT2D eigenvalue weighted by Gasteiger charge is 2.30. The zero-order chi connectivity index (χ0) is 20.5. The average Bonchev–Trinajstić information content (AvgIpc) is 3.04. The van der Waals surface area contributed by atoms with Crippen molar-refractivity contribution < 1.29 is 9.53 Å². The maximum absolute atomic E-state index is 12.9. The van der Waals surface area contributed by atoms with Crippen LogP contribution in [0.15, 0.2) is 30.6 Å². The highest BCUT2D eigenvalue weighted by atomic mass is 16.5. The van der Waals surface area contributed by atoms with Gasteiger partial charge in [-0.05, 0) is 56.9 Å². The maximum Gasteiger partial charge on any atom is 0.263 e. The predicted octanol–water partition coefficient (Wildman–Crippen LogP) is 3.15. The first-order chi connectivity index (χ1) is 13.9. The van der Waals surface area contributed by atoms with Gasteiger partial charge in [0.15, 0.2) is 11.8 Å². The van der Waals surface area contributed by atoms with E-state index in [4.69, 9.17) is 4.74 Å². The summed E-state index contributed by atoms with van der Waals surface area (Å²) >= 11 is 0. The van der Waals surface area contributed by atoms with E-state index < -0.39 is 6.10 Å². The van der Waals surface area contributed by atoms with Crippen LogP contribution in [0.1, 0.15) is 42.5 Å². The summed E-state index contributed by atoms with van der Waals surface area (Å²) < 4.78 is 7.72. The number of carbonyl (C=O) groups excluding carboxylic acids is 1. The molecule has 7 heteroatoms. The van der Waals surface area contributed by atoms with Crippen LogP contribution in [0.5, 0.6) is 5.75 Å². The number of benzene rings is 1. The first-order valence-electron chi connectivity index (χ1n) is 10.1. The zero-order valence-electron chi connectivity index (χ0n) is 17.4. The van der Waals surface area contributed by atoms with Gasteiger partial charge in [-0.3, -0.25) is 4.79 Å². The summed E-state index contributed by atoms with van der Waals surface area (Å²) in [5.41, 5.74) is 4.92. The van der Waals surface area contributed by atoms with E-state index in [2.05, 4.69) is 21.1 Å². The summed E-state index contributed by atoms with van der Waals surface area (Å²) in [5, 5.41) is 4.65. The lowest BCUT2D eigenvalue weighted by molar-refractivity contribution is -0.139. The number of rotatable bonds is 4. The van der Waals surface area contributed by atoms with E-state index in [1.807, 2.05) is 44.9 Å². The van der Waals surface area contributed by atoms with Gasteiger partial charge in [0.25, 0.3) is 5.91 Å². The van der Waals surface area contributed by atoms with E-state index in [0.717, 1.165) is 46.6 Å². The van der Waals surface area contributed by atoms with Crippen LogP contribution in [0.25, 0.3) is 11.2 Å². The Bertz CT molecular complexity index is 1020. The molecule has 1 amide bonds. The van der Waals surface area contributed by atoms with Crippen LogP contribution >= 0.6 is 0 Å². The molecule has 0 bridgehead atoms. The third-order valence-corrected chi connectivity index (χ3v) is 5.53. The van der Waals surface area contributed by atoms with E-state index >= 15 is 0 Å². The van der Waals surface area contributed by atoms with Crippen molar-refractivity contribution in [3.05, 3.63) is 47.4 Å². The van der Waals surface area contributed by atoms with E-state index in [1.54, 1.807) is 17.1 Å². The molecule has 0 N–H and O–H groups in total. The molecular formula is C22H27N5O2. The second kappa shape index (κ2) is 7.81. The van der Waals surface area contributed by atoms with Crippen LogP contribution in [-0.4, -0.2) is 49.7 Å². The fourth-order valence-electron chi connectivity index (χ4n) is 4.17. The number of aryl methyl sites for hydroxylation is 3. The Kier molecular flexibility index (Phi) is 5.22. The van der Waals surface area contributed by atoms with Crippen LogP contribution < -0.4 is 4.74 Å². The van der Waals surface area contributed by atoms with Gasteiger partial charge in [-0.1, -0.05) is 6.07 Å². The van der Waals surface area contributed by atoms with Crippen LogP contribution in [-0.2, 0) is 11.8 Å². The van der Waals surface area contributed by atoms with Gasteiger partial charge in [-0.2, -0.15) is 5.10 Å². The Labute approximate surface area is 170 Å². The Balaban J connectivity index is 1.40. The molecule has 152 valence electrons. The van der Waals surface area contributed by atoms with Gasteiger partial charge >= 0.3 is 0 Å². The fourth-order valence-corrected chi connectivity index (χ4v) is 4.17. The van der Waals surface area contributed by atoms with Crippen LogP contribution in [0.2, 0.25) is 0 Å². The highest BCUT2D eigenvalue weighted by molar-refractivity contribution is 5.81. The third kappa shape index (κ3) is 3.95. The molecule has 0 radical (unpaired) electrons. The molecule has 4 rings (SSSR count). The third-order valence-electron chi connectivity index (χ3n) is 5.53. The van der Waals surface area contributed by atoms with Crippen molar-refractivity contribution in [3.8, 4) is 5.75 Å². The minimum atomic E-state index is -0.505. The highest BCUT2D eigenvalue weighted by Crippen LogP contribution is 2.31. The van der Waals surface area contributed by atoms with Crippen molar-refractivity contribution in [2.24, 2.45) is 7.05 Å². The molecule has 1 aromatic carbocycles. The maximum atomic E-state index is 12.9. The lowest BCUT2D eigenvalue weighted by atomic mass is 9.93. The van der Waals surface area contributed by atoms with E-state index in [9.17, 15) is 4.79 Å². The first-order valence-corrected chi connectivity index (χ1v) is 10.1. The standard InChI is InChI=1S/C22H27N5O2/c1-14-11-15(2)13-18(12-14)29-16(3)22(28)27-9-5-17(6-10-27)19-20-21(26(4)25-19)24-8-7-23-20/h7-8,11-13,16-17H,5-6,9-10H2,1-4H3/t16-/m0/s1. The Hall–Kier alpha value is -2.96. The summed E-state index contributed by atoms with van der Waals surface area (Å²) in [7, 11) is 1.89. The zero-order valence-corrected chi connectivity index (χ0v) is 17.4. The van der Waals surface area contributed by atoms with Crippen molar-refractivity contribution >= 4 is 17.1 Å². The number of aromatic nitrogens is 4. The molecule has 0 saturated carbocycles. The fraction of sp³-hybridized carbons (Fsp3) is 0.455. The van der Waals surface area contributed by atoms with Crippen LogP contribution in [0.4, 0.5) is 0 Å². The summed E-state index contributed by atoms with van der Waals surface area (Å²) in [4.78, 5) is 23.6. The van der Waals surface area contributed by atoms with Gasteiger partial charge in [-0.25, -0.2) is 14.6 Å². The number of amides is 1. The van der Waals surface area contributed by atoms with Crippen molar-refractivity contribution in [2.75, 3.05) is 13.1 Å². The Morgan fingerprint density at radius 1 is 1.10 bits per heavy atom. The van der Waals surface area contributed by atoms with Crippen LogP contribution in [0, 0.1) is 13.8 Å². The minimum absolute atomic E-state index is 0.0354. The second-order valence-corrected chi connectivity index (χ2v) is 7.92. The number of nitrogens with zero attached hydrogens (tertiary/aromatic N) is 5. The minimum Gasteiger partial charge on any atom is -0.481 e. The topological polar surface area (TPSA) is 73.1 Å². The lowest BCUT2D eigenvalue weighted by Gasteiger charge is -2.33. The molecule has 7 nitrogen and oxygen atoms in total. The molecule has 2 aromatic heterocycles. The lowest BCUT2D eigenvalue weighted by Crippen LogP contribution is -2.44. The van der Waals surface area contributed by atoms with Crippen molar-refractivity contribution in [2.45, 2.75) is 45.6 Å². The van der Waals surface area contributed by atoms with Gasteiger partial charge < -0.3 is 9.64 Å². The predicted molar refractivity (Wildman–Crippen MR) is 111 cm³/mol. The van der Waals surface area contributed by atoms with Gasteiger partial charge in [-0.15, -0.1) is 0 Å². The largest absolute Gasteiger partial charge is 0.481 e. The van der Waals surface area contributed by atoms with Crippen molar-refractivity contribution in [3.63, 3.8) is 0 Å². The van der Waals surface area contributed by atoms with E-state index in [-0.39, 0.29) is 11.8 Å². The average molecular weight is 393 g/mol. The monoisotopic (exact) mass is 393 g/mol. The summed E-state index contributed by atoms with van der Waals surface area (Å²) in [6.45, 7) is 7.28. The number of carbonyl (C=O) groups is 1. The van der Waals surface area contributed by atoms with Gasteiger partial charge in [0.2, 0.25) is 0 Å². The van der Waals surface area contributed by atoms with Crippen molar-refractivity contribution in [1.82, 2.24) is 24.6 Å². The van der Waals surface area contributed by atoms with E-state index in [0.29, 0.717) is 13.1 Å². The molecular weight excluding hydrogens is 366 g/mol. The summed E-state index contributed by atoms with van der Waals surface area (Å²) in [6.07, 6.45) is 4.62. The summed E-state index contributed by atoms with van der Waals surface area (Å²) in [6, 6.07) is 6.03. The molecule has 0 aliphatic carbocycles. The molecule has 1 saturated heterocycles. The van der Waals surface area contributed by atoms with Gasteiger partial charge in [0, 0.05) is 38.4 Å². The molecule has 1 aliphatic heterocycles. The second-order valence-electron chi connectivity index (χ2n) is 7.92. The van der Waals surface area contributed by atoms with Gasteiger partial charge in [0.05, 0.1) is 5.69 Å². The number of piperidine rings is 1. The quantitative estimate of drug-likeness (QED) is 0.681. The Morgan fingerprint density at radius 3 is 2.45 bits per heavy atom. The smallest absolute Gasteiger partial charge is 0.263 e. The molecule has 1 atom stereocenters. The number of likely N-dealkylation sites (tertiary alicyclic amines) is 1. The van der Waals surface area contributed by atoms with Crippen LogP contribution in [0.3, 0.4) is 0 Å². The number of hydrogen-bond donors (Lipinski definition) is 0. The number of fused-ring (bicyclic) bond motifs is 1. The number of ether oxygens (including phenoxy) is 1. The Morgan fingerprint density at radius 2 is 1.76 bits per heavy atom. The normalized spacial score (nSPS) is 16.2. The molecule has 1 fully saturated rings. The number of hydrogen-bond acceptors (Lipinski definition) is 5. The SMILES string of the molecule is Cc1cc(C)cc(O[C@@H](C)C(=O)N2CCC(c3nn(C)c4nccnc34)CC2)c1. The van der Waals surface area contributed by atoms with Gasteiger partial charge in [0.1, 0.15) is 11.3 Å². The first kappa shape index (κ1) is 19.4.